The van der Waals surface area contributed by atoms with Gasteiger partial charge in [0.25, 0.3) is 0 Å². The van der Waals surface area contributed by atoms with Gasteiger partial charge in [0.15, 0.2) is 0 Å². The van der Waals surface area contributed by atoms with E-state index in [0.717, 1.165) is 19.3 Å². The predicted molar refractivity (Wildman–Crippen MR) is 47.4 cm³/mol. The number of carbonyl (C=O) groups is 1. The molecule has 1 amide bonds. The molecule has 78 valence electrons. The molecule has 5 heteroatoms. The molecule has 0 unspecified atom stereocenters. The van der Waals surface area contributed by atoms with Crippen molar-refractivity contribution in [3.05, 3.63) is 0 Å². The van der Waals surface area contributed by atoms with Crippen molar-refractivity contribution in [3.8, 4) is 0 Å². The van der Waals surface area contributed by atoms with E-state index in [1.54, 1.807) is 0 Å². The number of hydrogen-bond donors (Lipinski definition) is 3. The molecule has 5 nitrogen and oxygen atoms in total. The van der Waals surface area contributed by atoms with Crippen LogP contribution in [0.1, 0.15) is 19.3 Å². The Kier molecular flexibility index (Phi) is 8.70. The van der Waals surface area contributed by atoms with Gasteiger partial charge in [0.05, 0.1) is 6.61 Å². The maximum atomic E-state index is 10.7. The van der Waals surface area contributed by atoms with Crippen LogP contribution in [0.5, 0.6) is 0 Å². The van der Waals surface area contributed by atoms with E-state index in [2.05, 4.69) is 10.1 Å². The van der Waals surface area contributed by atoms with Gasteiger partial charge in [0.1, 0.15) is 6.61 Å². The van der Waals surface area contributed by atoms with Gasteiger partial charge in [-0.1, -0.05) is 0 Å². The molecule has 0 aliphatic heterocycles. The fourth-order valence-corrected chi connectivity index (χ4v) is 0.793. The standard InChI is InChI=1S/C8H17NO4/c10-5-3-1-2-4-9-8(12)13-7-6-11/h10-11H,1-7H2,(H,9,12). The zero-order valence-electron chi connectivity index (χ0n) is 7.66. The van der Waals surface area contributed by atoms with Crippen LogP contribution in [-0.4, -0.2) is 42.7 Å². The Labute approximate surface area is 77.7 Å². The highest BCUT2D eigenvalue weighted by atomic mass is 16.6. The average Bonchev–Trinajstić information content (AvgIpc) is 2.14. The zero-order chi connectivity index (χ0) is 9.94. The van der Waals surface area contributed by atoms with Crippen molar-refractivity contribution < 1.29 is 19.7 Å². The molecule has 0 atom stereocenters. The molecule has 0 aromatic rings. The first kappa shape index (κ1) is 12.2. The van der Waals surface area contributed by atoms with E-state index in [1.165, 1.54) is 0 Å². The van der Waals surface area contributed by atoms with Crippen LogP contribution in [0.25, 0.3) is 0 Å². The molecule has 0 rings (SSSR count). The lowest BCUT2D eigenvalue weighted by Crippen LogP contribution is -2.26. The Balaban J connectivity index is 3.08. The van der Waals surface area contributed by atoms with Gasteiger partial charge in [0, 0.05) is 13.2 Å². The normalized spacial score (nSPS) is 9.69. The van der Waals surface area contributed by atoms with E-state index in [-0.39, 0.29) is 19.8 Å². The predicted octanol–water partition coefficient (Wildman–Crippen LogP) is -0.133. The summed E-state index contributed by atoms with van der Waals surface area (Å²) in [5.74, 6) is 0. The third-order valence-electron chi connectivity index (χ3n) is 1.43. The summed E-state index contributed by atoms with van der Waals surface area (Å²) < 4.78 is 4.55. The van der Waals surface area contributed by atoms with Gasteiger partial charge in [-0.3, -0.25) is 0 Å². The van der Waals surface area contributed by atoms with Crippen LogP contribution in [0, 0.1) is 0 Å². The molecule has 0 aromatic carbocycles. The van der Waals surface area contributed by atoms with Crippen LogP contribution in [0.3, 0.4) is 0 Å². The molecule has 0 saturated heterocycles. The largest absolute Gasteiger partial charge is 0.447 e. The second-order valence-electron chi connectivity index (χ2n) is 2.57. The maximum Gasteiger partial charge on any atom is 0.407 e. The van der Waals surface area contributed by atoms with Crippen molar-refractivity contribution in [1.82, 2.24) is 5.32 Å². The van der Waals surface area contributed by atoms with Crippen LogP contribution >= 0.6 is 0 Å². The van der Waals surface area contributed by atoms with Crippen molar-refractivity contribution in [1.29, 1.82) is 0 Å². The summed E-state index contributed by atoms with van der Waals surface area (Å²) in [5.41, 5.74) is 0. The van der Waals surface area contributed by atoms with E-state index in [1.807, 2.05) is 0 Å². The fraction of sp³-hybridized carbons (Fsp3) is 0.875. The summed E-state index contributed by atoms with van der Waals surface area (Å²) in [6, 6.07) is 0. The molecular formula is C8H17NO4. The van der Waals surface area contributed by atoms with Crippen LogP contribution in [0.15, 0.2) is 0 Å². The highest BCUT2D eigenvalue weighted by Crippen LogP contribution is 1.91. The maximum absolute atomic E-state index is 10.7. The highest BCUT2D eigenvalue weighted by molar-refractivity contribution is 5.66. The number of hydrogen-bond acceptors (Lipinski definition) is 4. The van der Waals surface area contributed by atoms with E-state index in [9.17, 15) is 4.79 Å². The SMILES string of the molecule is O=C(NCCCCCO)OCCO. The van der Waals surface area contributed by atoms with Gasteiger partial charge >= 0.3 is 6.09 Å². The number of nitrogens with one attached hydrogen (secondary N) is 1. The molecule has 0 heterocycles. The van der Waals surface area contributed by atoms with E-state index < -0.39 is 6.09 Å². The third-order valence-corrected chi connectivity index (χ3v) is 1.43. The summed E-state index contributed by atoms with van der Waals surface area (Å²) in [7, 11) is 0. The Morgan fingerprint density at radius 3 is 2.54 bits per heavy atom. The molecule has 0 aromatic heterocycles. The van der Waals surface area contributed by atoms with Gasteiger partial charge in [-0.15, -0.1) is 0 Å². The van der Waals surface area contributed by atoms with Crippen molar-refractivity contribution >= 4 is 6.09 Å². The van der Waals surface area contributed by atoms with Gasteiger partial charge in [-0.05, 0) is 19.3 Å². The summed E-state index contributed by atoms with van der Waals surface area (Å²) in [6.07, 6.45) is 1.97. The zero-order valence-corrected chi connectivity index (χ0v) is 7.66. The van der Waals surface area contributed by atoms with Crippen LogP contribution in [-0.2, 0) is 4.74 Å². The molecule has 0 bridgehead atoms. The van der Waals surface area contributed by atoms with Crippen molar-refractivity contribution in [2.45, 2.75) is 19.3 Å². The first-order chi connectivity index (χ1) is 6.31. The van der Waals surface area contributed by atoms with Crippen molar-refractivity contribution in [2.75, 3.05) is 26.4 Å². The number of aliphatic hydroxyl groups is 2. The number of carbonyl (C=O) groups excluding carboxylic acids is 1. The van der Waals surface area contributed by atoms with E-state index in [0.29, 0.717) is 6.54 Å². The summed E-state index contributed by atoms with van der Waals surface area (Å²) in [6.45, 7) is 0.611. The Bertz CT molecular complexity index is 129. The van der Waals surface area contributed by atoms with Crippen LogP contribution < -0.4 is 5.32 Å². The first-order valence-corrected chi connectivity index (χ1v) is 4.43. The van der Waals surface area contributed by atoms with E-state index >= 15 is 0 Å². The van der Waals surface area contributed by atoms with Crippen molar-refractivity contribution in [2.24, 2.45) is 0 Å². The minimum atomic E-state index is -0.502. The molecule has 0 spiro atoms. The smallest absolute Gasteiger partial charge is 0.407 e. The topological polar surface area (TPSA) is 78.8 Å². The molecule has 3 N–H and O–H groups in total. The lowest BCUT2D eigenvalue weighted by atomic mass is 10.2. The molecule has 0 aliphatic rings. The number of aliphatic hydroxyl groups excluding tert-OH is 2. The van der Waals surface area contributed by atoms with Gasteiger partial charge in [0.2, 0.25) is 0 Å². The second-order valence-corrected chi connectivity index (χ2v) is 2.57. The number of unbranched alkanes of at least 4 members (excludes halogenated alkanes) is 2. The summed E-state index contributed by atoms with van der Waals surface area (Å²) in [4.78, 5) is 10.7. The third kappa shape index (κ3) is 9.10. The summed E-state index contributed by atoms with van der Waals surface area (Å²) >= 11 is 0. The van der Waals surface area contributed by atoms with Gasteiger partial charge in [-0.2, -0.15) is 0 Å². The monoisotopic (exact) mass is 191 g/mol. The Morgan fingerprint density at radius 2 is 1.92 bits per heavy atom. The first-order valence-electron chi connectivity index (χ1n) is 4.43. The molecule has 0 aliphatic carbocycles. The van der Waals surface area contributed by atoms with Crippen LogP contribution in [0.2, 0.25) is 0 Å². The highest BCUT2D eigenvalue weighted by Gasteiger charge is 1.98. The lowest BCUT2D eigenvalue weighted by molar-refractivity contribution is 0.119. The number of amides is 1. The van der Waals surface area contributed by atoms with Gasteiger partial charge in [-0.25, -0.2) is 4.79 Å². The van der Waals surface area contributed by atoms with Crippen LogP contribution in [0.4, 0.5) is 4.79 Å². The fourth-order valence-electron chi connectivity index (χ4n) is 0.793. The van der Waals surface area contributed by atoms with E-state index in [4.69, 9.17) is 10.2 Å². The van der Waals surface area contributed by atoms with Crippen molar-refractivity contribution in [3.63, 3.8) is 0 Å². The molecule has 0 fully saturated rings. The number of alkyl carbamates (subject to hydrolysis) is 1. The minimum Gasteiger partial charge on any atom is -0.447 e. The molecule has 0 saturated carbocycles. The molecule has 13 heavy (non-hydrogen) atoms. The Morgan fingerprint density at radius 1 is 1.15 bits per heavy atom. The molecule has 0 radical (unpaired) electrons. The average molecular weight is 191 g/mol. The lowest BCUT2D eigenvalue weighted by Gasteiger charge is -2.04. The number of ether oxygens (including phenoxy) is 1. The quantitative estimate of drug-likeness (QED) is 0.490. The number of rotatable bonds is 7. The second kappa shape index (κ2) is 9.28. The Hall–Kier alpha value is -0.810. The van der Waals surface area contributed by atoms with Gasteiger partial charge < -0.3 is 20.3 Å². The minimum absolute atomic E-state index is 0.0302. The summed E-state index contributed by atoms with van der Waals surface area (Å²) in [5, 5.41) is 19.3. The molecular weight excluding hydrogens is 174 g/mol.